The van der Waals surface area contributed by atoms with Gasteiger partial charge in [-0.3, -0.25) is 13.9 Å². The van der Waals surface area contributed by atoms with Gasteiger partial charge in [-0.25, -0.2) is 8.42 Å². The van der Waals surface area contributed by atoms with Gasteiger partial charge < -0.3 is 10.2 Å². The number of carbonyl (C=O) groups is 2. The number of alkyl halides is 3. The van der Waals surface area contributed by atoms with Crippen LogP contribution in [-0.2, 0) is 32.3 Å². The Bertz CT molecular complexity index is 1450. The number of amides is 2. The molecule has 0 aliphatic heterocycles. The molecule has 3 aromatic carbocycles. The number of aryl methyl sites for hydroxylation is 1. The molecule has 40 heavy (non-hydrogen) atoms. The maximum atomic E-state index is 13.8. The van der Waals surface area contributed by atoms with Gasteiger partial charge in [0.25, 0.3) is 10.0 Å². The van der Waals surface area contributed by atoms with E-state index in [4.69, 9.17) is 0 Å². The molecule has 0 heterocycles. The Morgan fingerprint density at radius 1 is 1.00 bits per heavy atom. The standard InChI is InChI=1S/C28H29BrF3N3O4S/c1-4-33-27(37)20(3)34(17-21-10-12-23(29)13-11-21)26(36)18-35(24-7-5-6-22(16-24)28(30,31)32)40(38,39)25-14-8-19(2)9-15-25/h5-16,20H,4,17-18H2,1-3H3,(H,33,37)/t20-/m1/s1. The molecule has 7 nitrogen and oxygen atoms in total. The van der Waals surface area contributed by atoms with Gasteiger partial charge in [0.2, 0.25) is 11.8 Å². The third-order valence-electron chi connectivity index (χ3n) is 6.13. The zero-order valence-electron chi connectivity index (χ0n) is 22.1. The highest BCUT2D eigenvalue weighted by atomic mass is 79.9. The maximum Gasteiger partial charge on any atom is 0.416 e. The van der Waals surface area contributed by atoms with E-state index in [0.717, 1.165) is 22.2 Å². The number of rotatable bonds is 10. The summed E-state index contributed by atoms with van der Waals surface area (Å²) in [6.45, 7) is 4.41. The average Bonchev–Trinajstić information content (AvgIpc) is 2.90. The first-order chi connectivity index (χ1) is 18.7. The van der Waals surface area contributed by atoms with Crippen LogP contribution in [0.3, 0.4) is 0 Å². The molecular weight excluding hydrogens is 611 g/mol. The van der Waals surface area contributed by atoms with Crippen LogP contribution in [-0.4, -0.2) is 44.3 Å². The summed E-state index contributed by atoms with van der Waals surface area (Å²) in [7, 11) is -4.48. The van der Waals surface area contributed by atoms with Crippen LogP contribution in [0.15, 0.2) is 82.2 Å². The first-order valence-corrected chi connectivity index (χ1v) is 14.6. The molecule has 1 N–H and O–H groups in total. The molecule has 12 heteroatoms. The van der Waals surface area contributed by atoms with Gasteiger partial charge in [-0.05, 0) is 68.8 Å². The molecule has 0 spiro atoms. The van der Waals surface area contributed by atoms with Crippen molar-refractivity contribution >= 4 is 43.5 Å². The fourth-order valence-electron chi connectivity index (χ4n) is 3.89. The minimum absolute atomic E-state index is 0.0363. The smallest absolute Gasteiger partial charge is 0.355 e. The summed E-state index contributed by atoms with van der Waals surface area (Å²) in [5.74, 6) is -1.23. The number of benzene rings is 3. The lowest BCUT2D eigenvalue weighted by Gasteiger charge is -2.32. The minimum atomic E-state index is -4.74. The zero-order chi connectivity index (χ0) is 29.7. The minimum Gasteiger partial charge on any atom is -0.355 e. The third kappa shape index (κ3) is 7.63. The Morgan fingerprint density at radius 2 is 1.62 bits per heavy atom. The largest absolute Gasteiger partial charge is 0.416 e. The van der Waals surface area contributed by atoms with Gasteiger partial charge in [0.1, 0.15) is 12.6 Å². The van der Waals surface area contributed by atoms with Crippen molar-refractivity contribution in [3.63, 3.8) is 0 Å². The lowest BCUT2D eigenvalue weighted by molar-refractivity contribution is -0.139. The molecule has 0 radical (unpaired) electrons. The molecule has 0 bridgehead atoms. The third-order valence-corrected chi connectivity index (χ3v) is 8.45. The quantitative estimate of drug-likeness (QED) is 0.316. The SMILES string of the molecule is CCNC(=O)[C@@H](C)N(Cc1ccc(Br)cc1)C(=O)CN(c1cccc(C(F)(F)F)c1)S(=O)(=O)c1ccc(C)cc1. The molecular formula is C28H29BrF3N3O4S. The van der Waals surface area contributed by atoms with Crippen LogP contribution in [0.25, 0.3) is 0 Å². The highest BCUT2D eigenvalue weighted by Crippen LogP contribution is 2.33. The second-order valence-corrected chi connectivity index (χ2v) is 11.9. The Labute approximate surface area is 240 Å². The van der Waals surface area contributed by atoms with E-state index in [1.165, 1.54) is 30.0 Å². The first kappa shape index (κ1) is 31.2. The number of nitrogens with zero attached hydrogens (tertiary/aromatic N) is 2. The van der Waals surface area contributed by atoms with Crippen LogP contribution in [0, 0.1) is 6.92 Å². The monoisotopic (exact) mass is 639 g/mol. The van der Waals surface area contributed by atoms with E-state index in [1.807, 2.05) is 0 Å². The molecule has 0 aromatic heterocycles. The van der Waals surface area contributed by atoms with Crippen LogP contribution in [0.5, 0.6) is 0 Å². The lowest BCUT2D eigenvalue weighted by atomic mass is 10.1. The van der Waals surface area contributed by atoms with Gasteiger partial charge in [-0.1, -0.05) is 51.8 Å². The highest BCUT2D eigenvalue weighted by molar-refractivity contribution is 9.10. The fourth-order valence-corrected chi connectivity index (χ4v) is 5.56. The summed E-state index contributed by atoms with van der Waals surface area (Å²) >= 11 is 3.34. The first-order valence-electron chi connectivity index (χ1n) is 12.3. The van der Waals surface area contributed by atoms with Gasteiger partial charge in [-0.2, -0.15) is 13.2 Å². The average molecular weight is 641 g/mol. The topological polar surface area (TPSA) is 86.8 Å². The summed E-state index contributed by atoms with van der Waals surface area (Å²) in [4.78, 5) is 27.5. The number of hydrogen-bond donors (Lipinski definition) is 1. The number of sulfonamides is 1. The Hall–Kier alpha value is -3.38. The van der Waals surface area contributed by atoms with E-state index in [-0.39, 0.29) is 17.1 Å². The van der Waals surface area contributed by atoms with Crippen molar-refractivity contribution in [2.75, 3.05) is 17.4 Å². The number of hydrogen-bond acceptors (Lipinski definition) is 4. The normalized spacial score (nSPS) is 12.5. The van der Waals surface area contributed by atoms with Crippen molar-refractivity contribution in [2.45, 2.75) is 44.4 Å². The van der Waals surface area contributed by atoms with E-state index in [0.29, 0.717) is 22.5 Å². The zero-order valence-corrected chi connectivity index (χ0v) is 24.5. The molecule has 0 aliphatic carbocycles. The molecule has 3 aromatic rings. The molecule has 2 amide bonds. The van der Waals surface area contributed by atoms with Crippen molar-refractivity contribution in [3.05, 3.63) is 94.0 Å². The Kier molecular flexibility index (Phi) is 10.0. The van der Waals surface area contributed by atoms with Crippen LogP contribution in [0.4, 0.5) is 18.9 Å². The number of anilines is 1. The van der Waals surface area contributed by atoms with Crippen LogP contribution >= 0.6 is 15.9 Å². The number of carbonyl (C=O) groups excluding carboxylic acids is 2. The molecule has 0 saturated heterocycles. The lowest BCUT2D eigenvalue weighted by Crippen LogP contribution is -2.51. The number of likely N-dealkylation sites (N-methyl/N-ethyl adjacent to an activating group) is 1. The predicted molar refractivity (Wildman–Crippen MR) is 150 cm³/mol. The van der Waals surface area contributed by atoms with E-state index >= 15 is 0 Å². The van der Waals surface area contributed by atoms with Crippen LogP contribution < -0.4 is 9.62 Å². The van der Waals surface area contributed by atoms with Gasteiger partial charge in [0.05, 0.1) is 16.1 Å². The molecule has 0 aliphatic rings. The van der Waals surface area contributed by atoms with Crippen molar-refractivity contribution in [2.24, 2.45) is 0 Å². The van der Waals surface area contributed by atoms with Crippen LogP contribution in [0.2, 0.25) is 0 Å². The Morgan fingerprint density at radius 3 is 2.20 bits per heavy atom. The molecule has 0 saturated carbocycles. The number of halogens is 4. The predicted octanol–water partition coefficient (Wildman–Crippen LogP) is 5.53. The fraction of sp³-hybridized carbons (Fsp3) is 0.286. The van der Waals surface area contributed by atoms with E-state index in [9.17, 15) is 31.2 Å². The van der Waals surface area contributed by atoms with Crippen molar-refractivity contribution < 1.29 is 31.2 Å². The maximum absolute atomic E-state index is 13.8. The molecule has 214 valence electrons. The second-order valence-electron chi connectivity index (χ2n) is 9.09. The molecule has 3 rings (SSSR count). The van der Waals surface area contributed by atoms with Crippen molar-refractivity contribution in [3.8, 4) is 0 Å². The van der Waals surface area contributed by atoms with Crippen molar-refractivity contribution in [1.82, 2.24) is 10.2 Å². The summed E-state index contributed by atoms with van der Waals surface area (Å²) < 4.78 is 69.6. The van der Waals surface area contributed by atoms with E-state index in [2.05, 4.69) is 21.2 Å². The molecule has 1 atom stereocenters. The van der Waals surface area contributed by atoms with Gasteiger partial charge in [0, 0.05) is 17.6 Å². The molecule has 0 fully saturated rings. The summed E-state index contributed by atoms with van der Waals surface area (Å²) in [6, 6.07) is 15.5. The molecule has 0 unspecified atom stereocenters. The number of nitrogens with one attached hydrogen (secondary N) is 1. The van der Waals surface area contributed by atoms with E-state index in [1.54, 1.807) is 50.2 Å². The second kappa shape index (κ2) is 12.9. The van der Waals surface area contributed by atoms with Crippen LogP contribution in [0.1, 0.15) is 30.5 Å². The van der Waals surface area contributed by atoms with Gasteiger partial charge in [-0.15, -0.1) is 0 Å². The summed E-state index contributed by atoms with van der Waals surface area (Å²) in [5.41, 5.74) is 0.0405. The summed E-state index contributed by atoms with van der Waals surface area (Å²) in [6.07, 6.45) is -4.74. The summed E-state index contributed by atoms with van der Waals surface area (Å²) in [5, 5.41) is 2.65. The van der Waals surface area contributed by atoms with E-state index < -0.39 is 46.2 Å². The Balaban J connectivity index is 2.09. The van der Waals surface area contributed by atoms with Crippen molar-refractivity contribution in [1.29, 1.82) is 0 Å². The van der Waals surface area contributed by atoms with Gasteiger partial charge >= 0.3 is 6.18 Å². The van der Waals surface area contributed by atoms with Gasteiger partial charge in [0.15, 0.2) is 0 Å². The highest BCUT2D eigenvalue weighted by Gasteiger charge is 2.35.